The number of rotatable bonds is 4. The Morgan fingerprint density at radius 1 is 1.53 bits per heavy atom. The fourth-order valence-corrected chi connectivity index (χ4v) is 2.93. The molecule has 1 amide bonds. The van der Waals surface area contributed by atoms with Gasteiger partial charge in [0.1, 0.15) is 0 Å². The van der Waals surface area contributed by atoms with Crippen molar-refractivity contribution in [3.8, 4) is 0 Å². The van der Waals surface area contributed by atoms with E-state index in [1.165, 1.54) is 0 Å². The van der Waals surface area contributed by atoms with Gasteiger partial charge in [-0.2, -0.15) is 0 Å². The highest BCUT2D eigenvalue weighted by Crippen LogP contribution is 2.24. The number of carbonyl (C=O) groups excluding carboxylic acids is 1. The van der Waals surface area contributed by atoms with Gasteiger partial charge in [-0.05, 0) is 24.5 Å². The van der Waals surface area contributed by atoms with Crippen LogP contribution in [0.2, 0.25) is 0 Å². The third kappa shape index (κ3) is 2.48. The molecule has 0 aliphatic carbocycles. The lowest BCUT2D eigenvalue weighted by atomic mass is 10.0. The molecule has 1 saturated heterocycles. The molecule has 1 N–H and O–H groups in total. The SMILES string of the molecule is CCCC1CC(=O)N(Cc2cc3ccncc3[nH]2)C1. The van der Waals surface area contributed by atoms with Crippen LogP contribution >= 0.6 is 0 Å². The number of fused-ring (bicyclic) bond motifs is 1. The van der Waals surface area contributed by atoms with Crippen LogP contribution in [0.5, 0.6) is 0 Å². The Bertz CT molecular complexity index is 557. The van der Waals surface area contributed by atoms with Crippen LogP contribution in [0.3, 0.4) is 0 Å². The molecule has 2 aromatic rings. The van der Waals surface area contributed by atoms with Crippen LogP contribution in [-0.2, 0) is 11.3 Å². The van der Waals surface area contributed by atoms with E-state index in [1.54, 1.807) is 6.20 Å². The van der Waals surface area contributed by atoms with Gasteiger partial charge in [-0.1, -0.05) is 13.3 Å². The Kier molecular flexibility index (Phi) is 3.23. The molecule has 3 rings (SSSR count). The number of hydrogen-bond donors (Lipinski definition) is 1. The minimum atomic E-state index is 0.287. The summed E-state index contributed by atoms with van der Waals surface area (Å²) >= 11 is 0. The van der Waals surface area contributed by atoms with Crippen LogP contribution in [0.4, 0.5) is 0 Å². The summed E-state index contributed by atoms with van der Waals surface area (Å²) in [5.74, 6) is 0.832. The number of amides is 1. The zero-order valence-corrected chi connectivity index (χ0v) is 11.2. The molecule has 0 bridgehead atoms. The maximum Gasteiger partial charge on any atom is 0.223 e. The maximum absolute atomic E-state index is 12.0. The number of nitrogens with zero attached hydrogens (tertiary/aromatic N) is 2. The molecule has 1 unspecified atom stereocenters. The standard InChI is InChI=1S/C15H19N3O/c1-2-3-11-6-15(19)18(9-11)10-13-7-12-4-5-16-8-14(12)17-13/h4-5,7-8,11,17H,2-3,6,9-10H2,1H3. The molecule has 2 aromatic heterocycles. The third-order valence-electron chi connectivity index (χ3n) is 3.83. The van der Waals surface area contributed by atoms with Crippen molar-refractivity contribution in [3.05, 3.63) is 30.2 Å². The first-order chi connectivity index (χ1) is 9.26. The van der Waals surface area contributed by atoms with Gasteiger partial charge < -0.3 is 9.88 Å². The molecule has 1 aliphatic heterocycles. The van der Waals surface area contributed by atoms with Crippen LogP contribution < -0.4 is 0 Å². The summed E-state index contributed by atoms with van der Waals surface area (Å²) in [6.07, 6.45) is 6.64. The Morgan fingerprint density at radius 2 is 2.42 bits per heavy atom. The predicted octanol–water partition coefficient (Wildman–Crippen LogP) is 2.71. The molecule has 1 aliphatic rings. The topological polar surface area (TPSA) is 49.0 Å². The lowest BCUT2D eigenvalue weighted by Gasteiger charge is -2.15. The smallest absolute Gasteiger partial charge is 0.223 e. The summed E-state index contributed by atoms with van der Waals surface area (Å²) in [6, 6.07) is 4.10. The van der Waals surface area contributed by atoms with Crippen molar-refractivity contribution in [1.82, 2.24) is 14.9 Å². The average Bonchev–Trinajstić information content (AvgIpc) is 2.94. The Balaban J connectivity index is 1.72. The summed E-state index contributed by atoms with van der Waals surface area (Å²) in [5.41, 5.74) is 2.13. The largest absolute Gasteiger partial charge is 0.356 e. The molecule has 1 atom stereocenters. The first-order valence-corrected chi connectivity index (χ1v) is 6.95. The average molecular weight is 257 g/mol. The fraction of sp³-hybridized carbons (Fsp3) is 0.467. The number of H-pyrrole nitrogens is 1. The lowest BCUT2D eigenvalue weighted by Crippen LogP contribution is -2.24. The summed E-state index contributed by atoms with van der Waals surface area (Å²) in [4.78, 5) is 21.4. The van der Waals surface area contributed by atoms with Crippen molar-refractivity contribution in [3.63, 3.8) is 0 Å². The first kappa shape index (κ1) is 12.2. The van der Waals surface area contributed by atoms with Crippen LogP contribution in [0.1, 0.15) is 31.9 Å². The third-order valence-corrected chi connectivity index (χ3v) is 3.83. The quantitative estimate of drug-likeness (QED) is 0.915. The maximum atomic E-state index is 12.0. The van der Waals surface area contributed by atoms with E-state index in [9.17, 15) is 4.79 Å². The molecular formula is C15H19N3O. The second-order valence-electron chi connectivity index (χ2n) is 5.39. The van der Waals surface area contributed by atoms with Gasteiger partial charge in [0.2, 0.25) is 5.91 Å². The van der Waals surface area contributed by atoms with Crippen LogP contribution in [0.15, 0.2) is 24.5 Å². The number of pyridine rings is 1. The number of carbonyl (C=O) groups is 1. The summed E-state index contributed by atoms with van der Waals surface area (Å²) in [5, 5.41) is 1.15. The summed E-state index contributed by atoms with van der Waals surface area (Å²) in [7, 11) is 0. The van der Waals surface area contributed by atoms with Crippen molar-refractivity contribution in [2.45, 2.75) is 32.7 Å². The molecule has 0 spiro atoms. The van der Waals surface area contributed by atoms with E-state index in [0.29, 0.717) is 12.5 Å². The van der Waals surface area contributed by atoms with E-state index in [2.05, 4.69) is 23.0 Å². The second-order valence-corrected chi connectivity index (χ2v) is 5.39. The molecule has 4 heteroatoms. The second kappa shape index (κ2) is 5.03. The summed E-state index contributed by atoms with van der Waals surface area (Å²) < 4.78 is 0. The molecule has 0 saturated carbocycles. The van der Waals surface area contributed by atoms with Gasteiger partial charge >= 0.3 is 0 Å². The van der Waals surface area contributed by atoms with Gasteiger partial charge in [0.15, 0.2) is 0 Å². The molecule has 0 aromatic carbocycles. The highest BCUT2D eigenvalue weighted by Gasteiger charge is 2.28. The molecule has 100 valence electrons. The van der Waals surface area contributed by atoms with Gasteiger partial charge in [0, 0.05) is 30.2 Å². The monoisotopic (exact) mass is 257 g/mol. The van der Waals surface area contributed by atoms with Crippen molar-refractivity contribution in [2.24, 2.45) is 5.92 Å². The van der Waals surface area contributed by atoms with Gasteiger partial charge in [-0.25, -0.2) is 0 Å². The molecule has 1 fully saturated rings. The highest BCUT2D eigenvalue weighted by atomic mass is 16.2. The van der Waals surface area contributed by atoms with E-state index in [0.717, 1.165) is 42.4 Å². The normalized spacial score (nSPS) is 19.5. The van der Waals surface area contributed by atoms with Gasteiger partial charge in [-0.3, -0.25) is 9.78 Å². The van der Waals surface area contributed by atoms with Crippen molar-refractivity contribution >= 4 is 16.8 Å². The van der Waals surface area contributed by atoms with E-state index in [-0.39, 0.29) is 5.91 Å². The van der Waals surface area contributed by atoms with Crippen molar-refractivity contribution < 1.29 is 4.79 Å². The first-order valence-electron chi connectivity index (χ1n) is 6.95. The number of hydrogen-bond acceptors (Lipinski definition) is 2. The number of likely N-dealkylation sites (tertiary alicyclic amines) is 1. The molecule has 3 heterocycles. The Labute approximate surface area is 112 Å². The number of nitrogens with one attached hydrogen (secondary N) is 1. The predicted molar refractivity (Wildman–Crippen MR) is 74.5 cm³/mol. The minimum Gasteiger partial charge on any atom is -0.356 e. The highest BCUT2D eigenvalue weighted by molar-refractivity contribution is 5.80. The van der Waals surface area contributed by atoms with E-state index < -0.39 is 0 Å². The Morgan fingerprint density at radius 3 is 3.21 bits per heavy atom. The van der Waals surface area contributed by atoms with Gasteiger partial charge in [-0.15, -0.1) is 0 Å². The zero-order chi connectivity index (χ0) is 13.2. The van der Waals surface area contributed by atoms with Crippen molar-refractivity contribution in [1.29, 1.82) is 0 Å². The fourth-order valence-electron chi connectivity index (χ4n) is 2.93. The molecule has 0 radical (unpaired) electrons. The van der Waals surface area contributed by atoms with Crippen LogP contribution in [0, 0.1) is 5.92 Å². The van der Waals surface area contributed by atoms with E-state index in [4.69, 9.17) is 0 Å². The molecule has 19 heavy (non-hydrogen) atoms. The summed E-state index contributed by atoms with van der Waals surface area (Å²) in [6.45, 7) is 3.77. The number of aromatic amines is 1. The van der Waals surface area contributed by atoms with Gasteiger partial charge in [0.05, 0.1) is 18.3 Å². The number of aromatic nitrogens is 2. The van der Waals surface area contributed by atoms with Crippen LogP contribution in [-0.4, -0.2) is 27.3 Å². The minimum absolute atomic E-state index is 0.287. The zero-order valence-electron chi connectivity index (χ0n) is 11.2. The van der Waals surface area contributed by atoms with E-state index >= 15 is 0 Å². The lowest BCUT2D eigenvalue weighted by molar-refractivity contribution is -0.128. The molecule has 4 nitrogen and oxygen atoms in total. The van der Waals surface area contributed by atoms with Crippen LogP contribution in [0.25, 0.3) is 10.9 Å². The molecular weight excluding hydrogens is 238 g/mol. The van der Waals surface area contributed by atoms with Crippen molar-refractivity contribution in [2.75, 3.05) is 6.54 Å². The van der Waals surface area contributed by atoms with E-state index in [1.807, 2.05) is 17.2 Å². The van der Waals surface area contributed by atoms with Gasteiger partial charge in [0.25, 0.3) is 0 Å². The Hall–Kier alpha value is -1.84.